The van der Waals surface area contributed by atoms with E-state index in [4.69, 9.17) is 0 Å². The molecular formula is C18H22N2O2S3. The summed E-state index contributed by atoms with van der Waals surface area (Å²) in [5.74, 6) is 0.577. The van der Waals surface area contributed by atoms with Crippen LogP contribution in [0.2, 0.25) is 0 Å². The van der Waals surface area contributed by atoms with Crippen molar-refractivity contribution in [1.29, 1.82) is 0 Å². The zero-order valence-corrected chi connectivity index (χ0v) is 16.5. The molecule has 134 valence electrons. The SMILES string of the molecule is O=C(Cc1csc(SCC(=O)c2cccs2)n1)NC1CCCCCC1. The Hall–Kier alpha value is -1.18. The fourth-order valence-corrected chi connectivity index (χ4v) is 5.42. The van der Waals surface area contributed by atoms with Gasteiger partial charge in [-0.05, 0) is 24.3 Å². The average molecular weight is 395 g/mol. The van der Waals surface area contributed by atoms with Crippen molar-refractivity contribution in [2.24, 2.45) is 0 Å². The monoisotopic (exact) mass is 394 g/mol. The molecule has 0 bridgehead atoms. The largest absolute Gasteiger partial charge is 0.353 e. The highest BCUT2D eigenvalue weighted by Crippen LogP contribution is 2.25. The number of nitrogens with zero attached hydrogens (tertiary/aromatic N) is 1. The minimum absolute atomic E-state index is 0.0587. The number of hydrogen-bond donors (Lipinski definition) is 1. The molecule has 3 rings (SSSR count). The van der Waals surface area contributed by atoms with Crippen LogP contribution in [-0.4, -0.2) is 28.5 Å². The molecule has 0 aromatic carbocycles. The maximum atomic E-state index is 12.2. The second-order valence-corrected chi connectivity index (χ2v) is 9.25. The highest BCUT2D eigenvalue weighted by molar-refractivity contribution is 8.01. The second-order valence-electron chi connectivity index (χ2n) is 6.23. The molecule has 0 aliphatic heterocycles. The number of carbonyl (C=O) groups is 2. The van der Waals surface area contributed by atoms with Gasteiger partial charge in [0, 0.05) is 11.4 Å². The fraction of sp³-hybridized carbons (Fsp3) is 0.500. The Morgan fingerprint density at radius 2 is 2.00 bits per heavy atom. The summed E-state index contributed by atoms with van der Waals surface area (Å²) in [7, 11) is 0. The Kier molecular flexibility index (Phi) is 7.07. The lowest BCUT2D eigenvalue weighted by molar-refractivity contribution is -0.121. The van der Waals surface area contributed by atoms with Gasteiger partial charge in [0.15, 0.2) is 10.1 Å². The summed E-state index contributed by atoms with van der Waals surface area (Å²) in [6.45, 7) is 0. The smallest absolute Gasteiger partial charge is 0.226 e. The lowest BCUT2D eigenvalue weighted by Crippen LogP contribution is -2.35. The first kappa shape index (κ1) is 18.6. The van der Waals surface area contributed by atoms with Crippen LogP contribution < -0.4 is 5.32 Å². The van der Waals surface area contributed by atoms with Gasteiger partial charge in [-0.3, -0.25) is 9.59 Å². The van der Waals surface area contributed by atoms with Gasteiger partial charge in [-0.1, -0.05) is 43.5 Å². The standard InChI is InChI=1S/C18H22N2O2S3/c21-15(16-8-5-9-23-16)12-25-18-20-14(11-24-18)10-17(22)19-13-6-3-1-2-4-7-13/h5,8-9,11,13H,1-4,6-7,10,12H2,(H,19,22). The third-order valence-electron chi connectivity index (χ3n) is 4.22. The third kappa shape index (κ3) is 5.94. The number of rotatable bonds is 7. The van der Waals surface area contributed by atoms with Crippen molar-refractivity contribution in [1.82, 2.24) is 10.3 Å². The summed E-state index contributed by atoms with van der Waals surface area (Å²) in [5, 5.41) is 6.98. The number of Topliss-reactive ketones (excluding diaryl/α,β-unsaturated/α-hetero) is 1. The molecule has 1 N–H and O–H groups in total. The fourth-order valence-electron chi connectivity index (χ4n) is 2.94. The summed E-state index contributed by atoms with van der Waals surface area (Å²) < 4.78 is 0.849. The van der Waals surface area contributed by atoms with Crippen molar-refractivity contribution in [3.63, 3.8) is 0 Å². The van der Waals surface area contributed by atoms with Crippen molar-refractivity contribution in [2.45, 2.75) is 55.3 Å². The number of thiophene rings is 1. The van der Waals surface area contributed by atoms with Gasteiger partial charge >= 0.3 is 0 Å². The van der Waals surface area contributed by atoms with Gasteiger partial charge in [0.25, 0.3) is 0 Å². The van der Waals surface area contributed by atoms with Gasteiger partial charge in [-0.2, -0.15) is 0 Å². The average Bonchev–Trinajstić information content (AvgIpc) is 3.22. The molecule has 1 fully saturated rings. The number of aromatic nitrogens is 1. The van der Waals surface area contributed by atoms with Crippen LogP contribution in [0.1, 0.15) is 53.9 Å². The molecule has 0 radical (unpaired) electrons. The number of thiazole rings is 1. The highest BCUT2D eigenvalue weighted by Gasteiger charge is 2.16. The summed E-state index contributed by atoms with van der Waals surface area (Å²) in [5.41, 5.74) is 0.794. The second kappa shape index (κ2) is 9.50. The lowest BCUT2D eigenvalue weighted by Gasteiger charge is -2.15. The van der Waals surface area contributed by atoms with Crippen molar-refractivity contribution < 1.29 is 9.59 Å². The van der Waals surface area contributed by atoms with Gasteiger partial charge in [-0.25, -0.2) is 4.98 Å². The summed E-state index contributed by atoms with van der Waals surface area (Å²) >= 11 is 4.41. The van der Waals surface area contributed by atoms with Crippen molar-refractivity contribution in [2.75, 3.05) is 5.75 Å². The summed E-state index contributed by atoms with van der Waals surface area (Å²) in [6.07, 6.45) is 7.49. The van der Waals surface area contributed by atoms with Crippen molar-refractivity contribution >= 4 is 46.1 Å². The van der Waals surface area contributed by atoms with Crippen LogP contribution in [0.4, 0.5) is 0 Å². The number of ketones is 1. The number of nitrogens with one attached hydrogen (secondary N) is 1. The topological polar surface area (TPSA) is 59.1 Å². The normalized spacial score (nSPS) is 15.7. The first-order valence-corrected chi connectivity index (χ1v) is 11.4. The summed E-state index contributed by atoms with van der Waals surface area (Å²) in [4.78, 5) is 29.5. The van der Waals surface area contributed by atoms with Crippen LogP contribution in [0, 0.1) is 0 Å². The van der Waals surface area contributed by atoms with E-state index in [2.05, 4.69) is 10.3 Å². The molecule has 2 aromatic rings. The Balaban J connectivity index is 1.44. The lowest BCUT2D eigenvalue weighted by atomic mass is 10.1. The van der Waals surface area contributed by atoms with E-state index in [0.717, 1.165) is 27.8 Å². The van der Waals surface area contributed by atoms with Crippen LogP contribution in [0.15, 0.2) is 27.2 Å². The van der Waals surface area contributed by atoms with Crippen LogP contribution in [0.3, 0.4) is 0 Å². The molecule has 0 unspecified atom stereocenters. The number of hydrogen-bond acceptors (Lipinski definition) is 6. The molecule has 2 aromatic heterocycles. The first-order valence-electron chi connectivity index (χ1n) is 8.64. The Bertz CT molecular complexity index is 689. The number of thioether (sulfide) groups is 1. The van der Waals surface area contributed by atoms with Gasteiger partial charge < -0.3 is 5.32 Å². The molecule has 1 aliphatic rings. The maximum absolute atomic E-state index is 12.2. The van der Waals surface area contributed by atoms with E-state index in [1.54, 1.807) is 0 Å². The molecule has 1 saturated carbocycles. The molecular weight excluding hydrogens is 372 g/mol. The predicted octanol–water partition coefficient (Wildman–Crippen LogP) is 4.56. The Labute approximate surface area is 160 Å². The summed E-state index contributed by atoms with van der Waals surface area (Å²) in [6, 6.07) is 4.06. The quantitative estimate of drug-likeness (QED) is 0.425. The van der Waals surface area contributed by atoms with E-state index in [1.165, 1.54) is 60.1 Å². The maximum Gasteiger partial charge on any atom is 0.226 e. The van der Waals surface area contributed by atoms with E-state index in [-0.39, 0.29) is 11.7 Å². The minimum Gasteiger partial charge on any atom is -0.353 e. The van der Waals surface area contributed by atoms with E-state index in [1.807, 2.05) is 22.9 Å². The zero-order valence-electron chi connectivity index (χ0n) is 14.0. The molecule has 0 saturated heterocycles. The van der Waals surface area contributed by atoms with E-state index in [9.17, 15) is 9.59 Å². The first-order chi connectivity index (χ1) is 12.2. The highest BCUT2D eigenvalue weighted by atomic mass is 32.2. The van der Waals surface area contributed by atoms with Crippen molar-refractivity contribution in [3.8, 4) is 0 Å². The van der Waals surface area contributed by atoms with Gasteiger partial charge in [0.05, 0.1) is 22.7 Å². The Morgan fingerprint density at radius 3 is 2.72 bits per heavy atom. The zero-order chi connectivity index (χ0) is 17.5. The van der Waals surface area contributed by atoms with E-state index < -0.39 is 0 Å². The molecule has 1 amide bonds. The molecule has 25 heavy (non-hydrogen) atoms. The number of carbonyl (C=O) groups excluding carboxylic acids is 2. The van der Waals surface area contributed by atoms with Crippen LogP contribution in [0.25, 0.3) is 0 Å². The van der Waals surface area contributed by atoms with E-state index in [0.29, 0.717) is 18.2 Å². The molecule has 0 spiro atoms. The Morgan fingerprint density at radius 1 is 1.20 bits per heavy atom. The molecule has 0 atom stereocenters. The molecule has 2 heterocycles. The van der Waals surface area contributed by atoms with Crippen LogP contribution in [-0.2, 0) is 11.2 Å². The predicted molar refractivity (Wildman–Crippen MR) is 105 cm³/mol. The minimum atomic E-state index is 0.0587. The van der Waals surface area contributed by atoms with E-state index >= 15 is 0 Å². The molecule has 4 nitrogen and oxygen atoms in total. The van der Waals surface area contributed by atoms with Gasteiger partial charge in [-0.15, -0.1) is 22.7 Å². The van der Waals surface area contributed by atoms with Gasteiger partial charge in [0.1, 0.15) is 0 Å². The third-order valence-corrected chi connectivity index (χ3v) is 7.20. The molecule has 7 heteroatoms. The molecule has 1 aliphatic carbocycles. The number of amides is 1. The van der Waals surface area contributed by atoms with Crippen LogP contribution >= 0.6 is 34.4 Å². The van der Waals surface area contributed by atoms with Gasteiger partial charge in [0.2, 0.25) is 5.91 Å². The van der Waals surface area contributed by atoms with Crippen LogP contribution in [0.5, 0.6) is 0 Å². The van der Waals surface area contributed by atoms with Crippen molar-refractivity contribution in [3.05, 3.63) is 33.5 Å².